The van der Waals surface area contributed by atoms with Gasteiger partial charge in [-0.25, -0.2) is 0 Å². The third kappa shape index (κ3) is 12.1. The lowest BCUT2D eigenvalue weighted by atomic mass is 9.73. The van der Waals surface area contributed by atoms with Crippen molar-refractivity contribution in [2.45, 2.75) is 143 Å². The van der Waals surface area contributed by atoms with E-state index in [1.54, 1.807) is 0 Å². The van der Waals surface area contributed by atoms with Gasteiger partial charge in [0.1, 0.15) is 0 Å². The fourth-order valence-corrected chi connectivity index (χ4v) is 18.7. The number of rotatable bonds is 9. The first-order valence-electron chi connectivity index (χ1n) is 39.2. The molecule has 536 valence electrons. The number of hydrogen-bond donors (Lipinski definition) is 0. The summed E-state index contributed by atoms with van der Waals surface area (Å²) in [4.78, 5) is 5.59. The van der Waals surface area contributed by atoms with Crippen molar-refractivity contribution < 1.29 is 0 Å². The van der Waals surface area contributed by atoms with Crippen molar-refractivity contribution in [1.29, 1.82) is 0 Å². The van der Waals surface area contributed by atoms with Crippen molar-refractivity contribution >= 4 is 65.6 Å². The van der Waals surface area contributed by atoms with Crippen LogP contribution in [0.3, 0.4) is 0 Å². The second kappa shape index (κ2) is 25.8. The van der Waals surface area contributed by atoms with Gasteiger partial charge in [0.25, 0.3) is 0 Å². The molecule has 0 spiro atoms. The number of benzene rings is 14. The van der Waals surface area contributed by atoms with Crippen LogP contribution in [0.2, 0.25) is 0 Å². The molecule has 0 saturated carbocycles. The van der Waals surface area contributed by atoms with Crippen LogP contribution < -0.4 is 9.80 Å². The molecule has 3 heteroatoms. The normalized spacial score (nSPS) is 14.0. The summed E-state index contributed by atoms with van der Waals surface area (Å²) < 4.78 is 2.53. The quantitative estimate of drug-likeness (QED) is 0.142. The summed E-state index contributed by atoms with van der Waals surface area (Å²) in [5.74, 6) is -0.269. The first-order valence-corrected chi connectivity index (χ1v) is 40.0. The molecule has 18 rings (SSSR count). The highest BCUT2D eigenvalue weighted by Crippen LogP contribution is 2.67. The second-order valence-corrected chi connectivity index (χ2v) is 37.2. The fourth-order valence-electron chi connectivity index (χ4n) is 17.6. The van der Waals surface area contributed by atoms with E-state index in [9.17, 15) is 0 Å². The van der Waals surface area contributed by atoms with Crippen LogP contribution in [0.5, 0.6) is 0 Å². The van der Waals surface area contributed by atoms with Crippen LogP contribution in [0.25, 0.3) is 109 Å². The Morgan fingerprint density at radius 3 is 1.28 bits per heavy atom. The maximum Gasteiger partial charge on any atom is 0.0625 e. The fraction of sp³-hybridized carbons (Fsp3) is 0.208. The third-order valence-corrected chi connectivity index (χ3v) is 24.7. The van der Waals surface area contributed by atoms with Crippen LogP contribution in [-0.2, 0) is 33.5 Å². The highest BCUT2D eigenvalue weighted by atomic mass is 32.1. The lowest BCUT2D eigenvalue weighted by Gasteiger charge is -2.47. The lowest BCUT2D eigenvalue weighted by Crippen LogP contribution is -2.30. The monoisotopic (exact) mass is 1430 g/mol. The Labute approximate surface area is 650 Å². The molecule has 1 aromatic heterocycles. The number of thiophene rings is 1. The first-order chi connectivity index (χ1) is 52.2. The molecule has 0 fully saturated rings. The highest BCUT2D eigenvalue weighted by Gasteiger charge is 2.45. The minimum Gasteiger partial charge on any atom is -0.308 e. The molecule has 14 aromatic carbocycles. The van der Waals surface area contributed by atoms with Crippen LogP contribution in [0.15, 0.2) is 291 Å². The number of fused-ring (bicyclic) bond motifs is 10. The van der Waals surface area contributed by atoms with E-state index in [4.69, 9.17) is 0 Å². The number of nitrogens with zero attached hydrogens (tertiary/aromatic N) is 2. The zero-order valence-electron chi connectivity index (χ0n) is 65.8. The summed E-state index contributed by atoms with van der Waals surface area (Å²) in [5.41, 5.74) is 38.6. The topological polar surface area (TPSA) is 6.48 Å². The summed E-state index contributed by atoms with van der Waals surface area (Å²) in [5, 5.41) is 2.52. The van der Waals surface area contributed by atoms with E-state index >= 15 is 0 Å². The number of anilines is 6. The average molecular weight is 1430 g/mol. The molecule has 3 heterocycles. The Balaban J connectivity index is 1.08. The lowest BCUT2D eigenvalue weighted by molar-refractivity contribution is 0.568. The molecule has 1 aliphatic carbocycles. The molecule has 3 aliphatic rings. The molecule has 1 atom stereocenters. The molecule has 1 unspecified atom stereocenters. The van der Waals surface area contributed by atoms with Crippen LogP contribution in [0.1, 0.15) is 165 Å². The van der Waals surface area contributed by atoms with E-state index in [-0.39, 0.29) is 33.0 Å². The van der Waals surface area contributed by atoms with Crippen molar-refractivity contribution in [2.24, 2.45) is 0 Å². The van der Waals surface area contributed by atoms with Gasteiger partial charge in [0, 0.05) is 53.9 Å². The molecule has 0 amide bonds. The molecular formula is C106H96N2S. The van der Waals surface area contributed by atoms with Crippen molar-refractivity contribution in [3.63, 3.8) is 0 Å². The molecule has 2 aliphatic heterocycles. The number of hydrogen-bond acceptors (Lipinski definition) is 3. The summed E-state index contributed by atoms with van der Waals surface area (Å²) in [7, 11) is 0. The van der Waals surface area contributed by atoms with Crippen molar-refractivity contribution in [3.05, 3.63) is 347 Å². The van der Waals surface area contributed by atoms with E-state index in [2.05, 4.69) is 405 Å². The van der Waals surface area contributed by atoms with Gasteiger partial charge in [0.15, 0.2) is 0 Å². The molecule has 2 nitrogen and oxygen atoms in total. The van der Waals surface area contributed by atoms with Gasteiger partial charge in [-0.3, -0.25) is 0 Å². The largest absolute Gasteiger partial charge is 0.308 e. The van der Waals surface area contributed by atoms with Gasteiger partial charge >= 0.3 is 0 Å². The summed E-state index contributed by atoms with van der Waals surface area (Å²) in [6.07, 6.45) is 0.842. The molecule has 15 aromatic rings. The van der Waals surface area contributed by atoms with E-state index in [0.29, 0.717) is 0 Å². The highest BCUT2D eigenvalue weighted by molar-refractivity contribution is 7.26. The average Bonchev–Trinajstić information content (AvgIpc) is 1.37. The molecule has 0 bridgehead atoms. The van der Waals surface area contributed by atoms with Gasteiger partial charge in [-0.05, 0) is 199 Å². The molecular weight excluding hydrogens is 1330 g/mol. The minimum atomic E-state index is -0.269. The van der Waals surface area contributed by atoms with Gasteiger partial charge in [0.2, 0.25) is 0 Å². The predicted octanol–water partition coefficient (Wildman–Crippen LogP) is 30.5. The summed E-state index contributed by atoms with van der Waals surface area (Å²) in [6, 6.07) is 114. The Morgan fingerprint density at radius 2 is 0.697 bits per heavy atom. The predicted molar refractivity (Wildman–Crippen MR) is 469 cm³/mol. The molecule has 0 N–H and O–H groups in total. The molecule has 0 radical (unpaired) electrons. The minimum absolute atomic E-state index is 0.0699. The van der Waals surface area contributed by atoms with Gasteiger partial charge in [-0.1, -0.05) is 347 Å². The zero-order valence-corrected chi connectivity index (χ0v) is 66.6. The van der Waals surface area contributed by atoms with Crippen LogP contribution >= 0.6 is 11.3 Å². The van der Waals surface area contributed by atoms with Gasteiger partial charge in [-0.15, -0.1) is 11.3 Å². The summed E-state index contributed by atoms with van der Waals surface area (Å²) >= 11 is 1.90. The third-order valence-electron chi connectivity index (χ3n) is 23.6. The van der Waals surface area contributed by atoms with Crippen LogP contribution in [-0.4, -0.2) is 0 Å². The Hall–Kier alpha value is -11.1. The Morgan fingerprint density at radius 1 is 0.266 bits per heavy atom. The maximum atomic E-state index is 2.81. The van der Waals surface area contributed by atoms with Gasteiger partial charge in [-0.2, -0.15) is 0 Å². The van der Waals surface area contributed by atoms with Gasteiger partial charge < -0.3 is 9.80 Å². The Kier molecular flexibility index (Phi) is 16.5. The van der Waals surface area contributed by atoms with Crippen molar-refractivity contribution in [2.75, 3.05) is 9.80 Å². The standard InChI is InChI=1S/C106H96N2S/c1-102(2,3)77-43-32-42-69(52-77)70-48-50-88-87(57-70)97-83-49-47-71(73-53-78(103(4,5)6)62-79(54-73)104(7,8)9)59-89(83)108(101-86(66-35-22-17-23-36-66)64-93-98(84-45-30-31-46-92(84)109-93)96(101)68-39-26-19-27-40-68)91-61-75(74-55-80(105(10,11)12)63-81(56-74)106(13,14)15)60-90(99(91)97)107(88)100-85(65-33-20-16-21-34-65)58-76-51-72-41-28-29-44-82(72)94(76)95(100)67-37-24-18-25-38-67/h16-50,52-64,97H,51H2,1-15H3. The van der Waals surface area contributed by atoms with Gasteiger partial charge in [0.05, 0.1) is 34.1 Å². The van der Waals surface area contributed by atoms with Crippen LogP contribution in [0, 0.1) is 0 Å². The second-order valence-electron chi connectivity index (χ2n) is 36.1. The first kappa shape index (κ1) is 69.6. The van der Waals surface area contributed by atoms with Crippen molar-refractivity contribution in [3.8, 4) is 89.0 Å². The zero-order chi connectivity index (χ0) is 75.4. The van der Waals surface area contributed by atoms with Crippen molar-refractivity contribution in [1.82, 2.24) is 0 Å². The van der Waals surface area contributed by atoms with E-state index in [1.165, 1.54) is 154 Å². The SMILES string of the molecule is CC(C)(C)c1cccc(-c2ccc3c(c2)C2c4ccc(-c5cc(C(C)(C)C)cc(C(C)(C)C)c5)cc4N(c4c(-c5ccccc5)cc5sc6ccccc6c5c4-c4ccccc4)c4cc(-c5cc(C(C)(C)C)cc(C(C)(C)C)c5)cc(c42)N3c2c(-c3ccccc3)cc3c(c2-c2ccccc2)-c2ccccc2C3)c1. The van der Waals surface area contributed by atoms with E-state index in [1.807, 2.05) is 11.3 Å². The smallest absolute Gasteiger partial charge is 0.0625 e. The van der Waals surface area contributed by atoms with E-state index < -0.39 is 0 Å². The van der Waals surface area contributed by atoms with Crippen LogP contribution in [0.4, 0.5) is 34.1 Å². The Bertz CT molecular complexity index is 6070. The molecule has 0 saturated heterocycles. The van der Waals surface area contributed by atoms with E-state index in [0.717, 1.165) is 51.7 Å². The molecule has 109 heavy (non-hydrogen) atoms. The maximum absolute atomic E-state index is 2.81. The summed E-state index contributed by atoms with van der Waals surface area (Å²) in [6.45, 7) is 35.5.